The summed E-state index contributed by atoms with van der Waals surface area (Å²) in [6.45, 7) is 1.82. The Kier molecular flexibility index (Phi) is 6.85. The number of carbonyl (C=O) groups excluding carboxylic acids is 2. The fraction of sp³-hybridized carbons (Fsp3) is 0.619. The third-order valence-electron chi connectivity index (χ3n) is 5.50. The fourth-order valence-corrected chi connectivity index (χ4v) is 3.68. The molecule has 2 atom stereocenters. The van der Waals surface area contributed by atoms with Crippen molar-refractivity contribution in [1.29, 1.82) is 0 Å². The zero-order valence-electron chi connectivity index (χ0n) is 15.8. The van der Waals surface area contributed by atoms with Crippen LogP contribution in [0.15, 0.2) is 18.2 Å². The zero-order chi connectivity index (χ0) is 19.2. The van der Waals surface area contributed by atoms with Gasteiger partial charge < -0.3 is 20.9 Å². The molecule has 148 valence electrons. The molecule has 2 aliphatic carbocycles. The molecule has 1 aromatic carbocycles. The molecule has 2 aliphatic heterocycles. The molecule has 6 heteroatoms. The lowest BCUT2D eigenvalue weighted by molar-refractivity contribution is -0.119. The van der Waals surface area contributed by atoms with Gasteiger partial charge in [-0.2, -0.15) is 0 Å². The number of nitrogens with two attached hydrogens (primary N) is 2. The molecular weight excluding hydrogens is 344 g/mol. The minimum Gasteiger partial charge on any atom is -0.375 e. The lowest BCUT2D eigenvalue weighted by atomic mass is 9.90. The minimum atomic E-state index is -0.326. The molecule has 0 radical (unpaired) electrons. The summed E-state index contributed by atoms with van der Waals surface area (Å²) in [5.74, 6) is -0.214. The lowest BCUT2D eigenvalue weighted by Gasteiger charge is -2.15. The Bertz CT molecular complexity index is 652. The van der Waals surface area contributed by atoms with Crippen molar-refractivity contribution in [2.45, 2.75) is 63.6 Å². The van der Waals surface area contributed by atoms with Crippen molar-refractivity contribution in [3.05, 3.63) is 34.9 Å². The zero-order valence-corrected chi connectivity index (χ0v) is 15.8. The third-order valence-corrected chi connectivity index (χ3v) is 5.50. The molecule has 6 nitrogen and oxygen atoms in total. The summed E-state index contributed by atoms with van der Waals surface area (Å²) in [4.78, 5) is 20.9. The number of amides is 2. The molecule has 1 aromatic rings. The number of fused-ring (bicyclic) bond motifs is 2. The van der Waals surface area contributed by atoms with Crippen LogP contribution >= 0.6 is 0 Å². The predicted molar refractivity (Wildman–Crippen MR) is 102 cm³/mol. The SMILES string of the molecule is C1CC2OCCC2O1.NC(=O)C1CC1.NC(=O)c1ccc2c(c1)CCCC2. The van der Waals surface area contributed by atoms with Crippen molar-refractivity contribution in [3.8, 4) is 0 Å². The third kappa shape index (κ3) is 5.78. The summed E-state index contributed by atoms with van der Waals surface area (Å²) < 4.78 is 10.7. The molecule has 2 amide bonds. The molecule has 2 heterocycles. The van der Waals surface area contributed by atoms with Crippen molar-refractivity contribution in [1.82, 2.24) is 0 Å². The number of ether oxygens (including phenoxy) is 2. The van der Waals surface area contributed by atoms with E-state index in [2.05, 4.69) is 0 Å². The number of aryl methyl sites for hydroxylation is 2. The summed E-state index contributed by atoms with van der Waals surface area (Å²) in [5, 5.41) is 0. The second-order valence-corrected chi connectivity index (χ2v) is 7.63. The minimum absolute atomic E-state index is 0.130. The van der Waals surface area contributed by atoms with E-state index < -0.39 is 0 Å². The predicted octanol–water partition coefficient (Wildman–Crippen LogP) is 2.11. The van der Waals surface area contributed by atoms with Gasteiger partial charge in [0.1, 0.15) is 0 Å². The van der Waals surface area contributed by atoms with Crippen molar-refractivity contribution in [2.24, 2.45) is 17.4 Å². The van der Waals surface area contributed by atoms with Gasteiger partial charge in [0.2, 0.25) is 11.8 Å². The van der Waals surface area contributed by atoms with Gasteiger partial charge in [-0.05, 0) is 74.6 Å². The highest BCUT2D eigenvalue weighted by Crippen LogP contribution is 2.27. The number of carbonyl (C=O) groups is 2. The Balaban J connectivity index is 0.000000128. The highest BCUT2D eigenvalue weighted by Gasteiger charge is 2.33. The first-order chi connectivity index (χ1) is 13.0. The van der Waals surface area contributed by atoms with Gasteiger partial charge in [-0.25, -0.2) is 0 Å². The van der Waals surface area contributed by atoms with E-state index >= 15 is 0 Å². The van der Waals surface area contributed by atoms with Crippen LogP contribution in [0.2, 0.25) is 0 Å². The molecule has 5 rings (SSSR count). The molecule has 27 heavy (non-hydrogen) atoms. The van der Waals surface area contributed by atoms with Crippen LogP contribution in [0, 0.1) is 5.92 Å². The highest BCUT2D eigenvalue weighted by atomic mass is 16.6. The first kappa shape index (κ1) is 19.8. The normalized spacial score (nSPS) is 25.2. The van der Waals surface area contributed by atoms with Crippen LogP contribution in [0.3, 0.4) is 0 Å². The molecule has 1 saturated carbocycles. The molecule has 2 unspecified atom stereocenters. The van der Waals surface area contributed by atoms with Crippen LogP contribution in [-0.4, -0.2) is 37.2 Å². The first-order valence-corrected chi connectivity index (χ1v) is 9.98. The number of primary amides is 2. The maximum absolute atomic E-state index is 10.9. The van der Waals surface area contributed by atoms with E-state index in [0.717, 1.165) is 51.7 Å². The van der Waals surface area contributed by atoms with E-state index in [1.54, 1.807) is 0 Å². The van der Waals surface area contributed by atoms with Gasteiger partial charge in [0.05, 0.1) is 12.2 Å². The molecule has 0 bridgehead atoms. The summed E-state index contributed by atoms with van der Waals surface area (Å²) in [5.41, 5.74) is 13.4. The van der Waals surface area contributed by atoms with Gasteiger partial charge in [-0.3, -0.25) is 9.59 Å². The summed E-state index contributed by atoms with van der Waals surface area (Å²) >= 11 is 0. The Morgan fingerprint density at radius 1 is 0.852 bits per heavy atom. The topological polar surface area (TPSA) is 105 Å². The van der Waals surface area contributed by atoms with Crippen LogP contribution in [-0.2, 0) is 27.1 Å². The first-order valence-electron chi connectivity index (χ1n) is 9.98. The fourth-order valence-electron chi connectivity index (χ4n) is 3.68. The van der Waals surface area contributed by atoms with Gasteiger partial charge in [-0.1, -0.05) is 6.07 Å². The van der Waals surface area contributed by atoms with Crippen LogP contribution in [0.1, 0.15) is 60.0 Å². The second-order valence-electron chi connectivity index (χ2n) is 7.63. The highest BCUT2D eigenvalue weighted by molar-refractivity contribution is 5.93. The molecule has 4 aliphatic rings. The van der Waals surface area contributed by atoms with Crippen LogP contribution in [0.4, 0.5) is 0 Å². The Morgan fingerprint density at radius 2 is 1.44 bits per heavy atom. The monoisotopic (exact) mass is 374 g/mol. The van der Waals surface area contributed by atoms with E-state index in [0.29, 0.717) is 17.8 Å². The van der Waals surface area contributed by atoms with Gasteiger partial charge in [0.15, 0.2) is 0 Å². The lowest BCUT2D eigenvalue weighted by Crippen LogP contribution is -2.13. The number of hydrogen-bond donors (Lipinski definition) is 2. The Hall–Kier alpha value is -1.92. The Labute approximate surface area is 160 Å². The molecular formula is C21H30N2O4. The molecule has 3 fully saturated rings. The van der Waals surface area contributed by atoms with Crippen LogP contribution in [0.25, 0.3) is 0 Å². The average Bonchev–Trinajstić information content (AvgIpc) is 3.28. The summed E-state index contributed by atoms with van der Waals surface area (Å²) in [6, 6.07) is 5.80. The van der Waals surface area contributed by atoms with Crippen molar-refractivity contribution in [3.63, 3.8) is 0 Å². The Morgan fingerprint density at radius 3 is 1.93 bits per heavy atom. The van der Waals surface area contributed by atoms with Crippen molar-refractivity contribution >= 4 is 11.8 Å². The van der Waals surface area contributed by atoms with Gasteiger partial charge in [0, 0.05) is 24.7 Å². The second kappa shape index (κ2) is 9.33. The van der Waals surface area contributed by atoms with Gasteiger partial charge in [-0.15, -0.1) is 0 Å². The van der Waals surface area contributed by atoms with E-state index in [4.69, 9.17) is 20.9 Å². The molecule has 0 aromatic heterocycles. The quantitative estimate of drug-likeness (QED) is 0.827. The maximum Gasteiger partial charge on any atom is 0.248 e. The number of benzene rings is 1. The van der Waals surface area contributed by atoms with Gasteiger partial charge >= 0.3 is 0 Å². The van der Waals surface area contributed by atoms with Crippen molar-refractivity contribution in [2.75, 3.05) is 13.2 Å². The molecule has 0 spiro atoms. The van der Waals surface area contributed by atoms with E-state index in [1.807, 2.05) is 18.2 Å². The van der Waals surface area contributed by atoms with Crippen molar-refractivity contribution < 1.29 is 19.1 Å². The van der Waals surface area contributed by atoms with Crippen LogP contribution in [0.5, 0.6) is 0 Å². The smallest absolute Gasteiger partial charge is 0.248 e. The average molecular weight is 374 g/mol. The molecule has 4 N–H and O–H groups in total. The molecule has 2 saturated heterocycles. The van der Waals surface area contributed by atoms with E-state index in [1.165, 1.54) is 24.0 Å². The van der Waals surface area contributed by atoms with Gasteiger partial charge in [0.25, 0.3) is 0 Å². The number of hydrogen-bond acceptors (Lipinski definition) is 4. The summed E-state index contributed by atoms with van der Waals surface area (Å²) in [7, 11) is 0. The largest absolute Gasteiger partial charge is 0.375 e. The summed E-state index contributed by atoms with van der Waals surface area (Å²) in [6.07, 6.45) is 9.92. The van der Waals surface area contributed by atoms with E-state index in [9.17, 15) is 9.59 Å². The van der Waals surface area contributed by atoms with Crippen LogP contribution < -0.4 is 11.5 Å². The standard InChI is InChI=1S/C11H13NO.C6H10O2.C4H7NO/c12-11(13)10-6-5-8-3-1-2-4-9(8)7-10;1-3-7-6-2-4-8-5(1)6;5-4(6)3-1-2-3/h5-7H,1-4H2,(H2,12,13);5-6H,1-4H2;3H,1-2H2,(H2,5,6). The number of rotatable bonds is 2. The maximum atomic E-state index is 10.9. The van der Waals surface area contributed by atoms with E-state index in [-0.39, 0.29) is 17.7 Å².